The zero-order valence-corrected chi connectivity index (χ0v) is 18.6. The van der Waals surface area contributed by atoms with E-state index in [-0.39, 0.29) is 0 Å². The summed E-state index contributed by atoms with van der Waals surface area (Å²) in [5.41, 5.74) is 4.97. The van der Waals surface area contributed by atoms with Gasteiger partial charge < -0.3 is 9.30 Å². The predicted octanol–water partition coefficient (Wildman–Crippen LogP) is 7.00. The van der Waals surface area contributed by atoms with Crippen LogP contribution in [0, 0.1) is 0 Å². The van der Waals surface area contributed by atoms with E-state index in [1.807, 2.05) is 0 Å². The summed E-state index contributed by atoms with van der Waals surface area (Å²) >= 11 is 0. The molecule has 0 bridgehead atoms. The van der Waals surface area contributed by atoms with E-state index in [0.29, 0.717) is 5.92 Å². The molecule has 1 heterocycles. The van der Waals surface area contributed by atoms with Crippen LogP contribution in [0.15, 0.2) is 78.9 Å². The van der Waals surface area contributed by atoms with E-state index >= 15 is 0 Å². The maximum atomic E-state index is 5.98. The molecule has 0 fully saturated rings. The van der Waals surface area contributed by atoms with Gasteiger partial charge in [-0.2, -0.15) is 0 Å². The SMILES string of the molecule is CCC(C)c1ccc(OCCCCn2c(Cc3ccccc3)nc3ccccc32)cc1. The van der Waals surface area contributed by atoms with Crippen LogP contribution >= 0.6 is 0 Å². The number of benzene rings is 3. The lowest BCUT2D eigenvalue weighted by atomic mass is 9.99. The van der Waals surface area contributed by atoms with Crippen molar-refractivity contribution in [2.24, 2.45) is 0 Å². The molecule has 160 valence electrons. The predicted molar refractivity (Wildman–Crippen MR) is 129 cm³/mol. The highest BCUT2D eigenvalue weighted by Crippen LogP contribution is 2.22. The van der Waals surface area contributed by atoms with Gasteiger partial charge in [-0.1, -0.05) is 68.4 Å². The summed E-state index contributed by atoms with van der Waals surface area (Å²) in [7, 11) is 0. The fourth-order valence-corrected chi connectivity index (χ4v) is 3.98. The fourth-order valence-electron chi connectivity index (χ4n) is 3.98. The Bertz CT molecular complexity index is 1080. The molecule has 3 heteroatoms. The summed E-state index contributed by atoms with van der Waals surface area (Å²) in [6.45, 7) is 6.19. The first-order valence-electron chi connectivity index (χ1n) is 11.5. The van der Waals surface area contributed by atoms with E-state index in [4.69, 9.17) is 9.72 Å². The monoisotopic (exact) mass is 412 g/mol. The van der Waals surface area contributed by atoms with Crippen LogP contribution in [0.5, 0.6) is 5.75 Å². The molecular weight excluding hydrogens is 380 g/mol. The Labute approximate surface area is 185 Å². The number of hydrogen-bond donors (Lipinski definition) is 0. The van der Waals surface area contributed by atoms with Crippen molar-refractivity contribution < 1.29 is 4.74 Å². The molecule has 1 atom stereocenters. The van der Waals surface area contributed by atoms with Crippen LogP contribution in [-0.2, 0) is 13.0 Å². The fraction of sp³-hybridized carbons (Fsp3) is 0.321. The van der Waals surface area contributed by atoms with Gasteiger partial charge in [-0.15, -0.1) is 0 Å². The Kier molecular flexibility index (Phi) is 7.03. The first-order valence-corrected chi connectivity index (χ1v) is 11.5. The zero-order valence-electron chi connectivity index (χ0n) is 18.6. The third-order valence-corrected chi connectivity index (χ3v) is 6.04. The molecule has 31 heavy (non-hydrogen) atoms. The minimum absolute atomic E-state index is 0.601. The number of rotatable bonds is 10. The second-order valence-corrected chi connectivity index (χ2v) is 8.26. The number of aryl methyl sites for hydroxylation is 1. The second-order valence-electron chi connectivity index (χ2n) is 8.26. The van der Waals surface area contributed by atoms with E-state index in [9.17, 15) is 0 Å². The smallest absolute Gasteiger partial charge is 0.119 e. The van der Waals surface area contributed by atoms with E-state index < -0.39 is 0 Å². The molecule has 1 unspecified atom stereocenters. The van der Waals surface area contributed by atoms with Crippen LogP contribution in [0.25, 0.3) is 11.0 Å². The topological polar surface area (TPSA) is 27.1 Å². The van der Waals surface area contributed by atoms with Gasteiger partial charge in [0.1, 0.15) is 11.6 Å². The summed E-state index contributed by atoms with van der Waals surface area (Å²) < 4.78 is 8.36. The van der Waals surface area contributed by atoms with Crippen LogP contribution in [0.1, 0.15) is 56.0 Å². The molecule has 0 N–H and O–H groups in total. The summed E-state index contributed by atoms with van der Waals surface area (Å²) in [5, 5.41) is 0. The average Bonchev–Trinajstić information content (AvgIpc) is 3.16. The molecule has 0 saturated heterocycles. The standard InChI is InChI=1S/C28H32N2O/c1-3-22(2)24-15-17-25(18-16-24)31-20-10-9-19-30-27-14-8-7-13-26(27)29-28(30)21-23-11-5-4-6-12-23/h4-8,11-18,22H,3,9-10,19-21H2,1-2H3. The number of imidazole rings is 1. The molecule has 0 aliphatic carbocycles. The second kappa shape index (κ2) is 10.3. The molecule has 0 aliphatic heterocycles. The van der Waals surface area contributed by atoms with E-state index in [0.717, 1.165) is 55.9 Å². The maximum absolute atomic E-state index is 5.98. The molecule has 0 radical (unpaired) electrons. The van der Waals surface area contributed by atoms with Gasteiger partial charge >= 0.3 is 0 Å². The number of hydrogen-bond acceptors (Lipinski definition) is 2. The Morgan fingerprint density at radius 1 is 0.871 bits per heavy atom. The van der Waals surface area contributed by atoms with Crippen molar-refractivity contribution in [1.82, 2.24) is 9.55 Å². The highest BCUT2D eigenvalue weighted by atomic mass is 16.5. The van der Waals surface area contributed by atoms with Crippen molar-refractivity contribution in [2.45, 2.75) is 52.0 Å². The van der Waals surface area contributed by atoms with E-state index in [2.05, 4.69) is 97.3 Å². The highest BCUT2D eigenvalue weighted by molar-refractivity contribution is 5.76. The zero-order chi connectivity index (χ0) is 21.5. The summed E-state index contributed by atoms with van der Waals surface area (Å²) in [6, 6.07) is 27.6. The van der Waals surface area contributed by atoms with Crippen LogP contribution in [0.4, 0.5) is 0 Å². The quantitative estimate of drug-likeness (QED) is 0.262. The van der Waals surface area contributed by atoms with Gasteiger partial charge in [0, 0.05) is 13.0 Å². The molecule has 0 saturated carbocycles. The molecule has 3 aromatic carbocycles. The van der Waals surface area contributed by atoms with Gasteiger partial charge in [-0.05, 0) is 60.6 Å². The Hall–Kier alpha value is -3.07. The molecule has 0 spiro atoms. The minimum Gasteiger partial charge on any atom is -0.494 e. The van der Waals surface area contributed by atoms with Crippen molar-refractivity contribution in [2.75, 3.05) is 6.61 Å². The van der Waals surface area contributed by atoms with Crippen LogP contribution < -0.4 is 4.74 Å². The number of ether oxygens (including phenoxy) is 1. The molecule has 0 aliphatic rings. The van der Waals surface area contributed by atoms with Crippen molar-refractivity contribution in [3.8, 4) is 5.75 Å². The largest absolute Gasteiger partial charge is 0.494 e. The highest BCUT2D eigenvalue weighted by Gasteiger charge is 2.11. The Balaban J connectivity index is 1.35. The third kappa shape index (κ3) is 5.35. The number of nitrogens with zero attached hydrogens (tertiary/aromatic N) is 2. The van der Waals surface area contributed by atoms with Crippen molar-refractivity contribution >= 4 is 11.0 Å². The Morgan fingerprint density at radius 3 is 2.39 bits per heavy atom. The normalized spacial score (nSPS) is 12.2. The van der Waals surface area contributed by atoms with Gasteiger partial charge in [-0.25, -0.2) is 4.98 Å². The summed E-state index contributed by atoms with van der Waals surface area (Å²) in [5.74, 6) is 2.70. The molecule has 0 amide bonds. The number of fused-ring (bicyclic) bond motifs is 1. The lowest BCUT2D eigenvalue weighted by molar-refractivity contribution is 0.303. The lowest BCUT2D eigenvalue weighted by Gasteiger charge is -2.12. The first-order chi connectivity index (χ1) is 15.2. The van der Waals surface area contributed by atoms with Crippen molar-refractivity contribution in [3.63, 3.8) is 0 Å². The number of aromatic nitrogens is 2. The lowest BCUT2D eigenvalue weighted by Crippen LogP contribution is -2.07. The summed E-state index contributed by atoms with van der Waals surface area (Å²) in [6.07, 6.45) is 4.10. The van der Waals surface area contributed by atoms with Crippen LogP contribution in [0.3, 0.4) is 0 Å². The van der Waals surface area contributed by atoms with Gasteiger partial charge in [0.2, 0.25) is 0 Å². The van der Waals surface area contributed by atoms with Crippen molar-refractivity contribution in [1.29, 1.82) is 0 Å². The molecule has 4 aromatic rings. The average molecular weight is 413 g/mol. The molecule has 1 aromatic heterocycles. The van der Waals surface area contributed by atoms with Gasteiger partial charge in [0.25, 0.3) is 0 Å². The van der Waals surface area contributed by atoms with Crippen molar-refractivity contribution in [3.05, 3.63) is 95.8 Å². The van der Waals surface area contributed by atoms with Gasteiger partial charge in [-0.3, -0.25) is 0 Å². The Morgan fingerprint density at radius 2 is 1.61 bits per heavy atom. The number of para-hydroxylation sites is 2. The van der Waals surface area contributed by atoms with E-state index in [1.165, 1.54) is 16.6 Å². The first kappa shape index (κ1) is 21.2. The molecule has 4 rings (SSSR count). The van der Waals surface area contributed by atoms with Gasteiger partial charge in [0.05, 0.1) is 17.6 Å². The summed E-state index contributed by atoms with van der Waals surface area (Å²) in [4.78, 5) is 4.92. The number of unbranched alkanes of at least 4 members (excludes halogenated alkanes) is 1. The van der Waals surface area contributed by atoms with Gasteiger partial charge in [0.15, 0.2) is 0 Å². The third-order valence-electron chi connectivity index (χ3n) is 6.04. The maximum Gasteiger partial charge on any atom is 0.119 e. The van der Waals surface area contributed by atoms with E-state index in [1.54, 1.807) is 0 Å². The molecule has 3 nitrogen and oxygen atoms in total. The van der Waals surface area contributed by atoms with Crippen LogP contribution in [-0.4, -0.2) is 16.2 Å². The van der Waals surface area contributed by atoms with Crippen LogP contribution in [0.2, 0.25) is 0 Å². The molecular formula is C28H32N2O. The minimum atomic E-state index is 0.601.